The predicted molar refractivity (Wildman–Crippen MR) is 65.8 cm³/mol. The van der Waals surface area contributed by atoms with Gasteiger partial charge in [-0.25, -0.2) is 9.59 Å². The molecule has 0 aliphatic rings. The first kappa shape index (κ1) is 16.2. The largest absolute Gasteiger partial charge is 0.480 e. The van der Waals surface area contributed by atoms with Gasteiger partial charge in [0.15, 0.2) is 0 Å². The van der Waals surface area contributed by atoms with Gasteiger partial charge < -0.3 is 21.5 Å². The summed E-state index contributed by atoms with van der Waals surface area (Å²) in [7, 11) is 0. The molecule has 104 valence electrons. The molecule has 0 aliphatic carbocycles. The van der Waals surface area contributed by atoms with Crippen LogP contribution in [-0.4, -0.2) is 35.1 Å². The van der Waals surface area contributed by atoms with Crippen LogP contribution in [-0.2, 0) is 9.59 Å². The molecule has 0 spiro atoms. The number of carboxylic acids is 1. The second-order valence-electron chi connectivity index (χ2n) is 4.35. The van der Waals surface area contributed by atoms with Crippen LogP contribution in [0.3, 0.4) is 0 Å². The molecule has 18 heavy (non-hydrogen) atoms. The van der Waals surface area contributed by atoms with Crippen LogP contribution >= 0.6 is 0 Å². The number of rotatable bonds is 7. The lowest BCUT2D eigenvalue weighted by Crippen LogP contribution is -2.50. The number of primary amides is 1. The Hall–Kier alpha value is -1.79. The Morgan fingerprint density at radius 1 is 1.22 bits per heavy atom. The highest BCUT2D eigenvalue weighted by molar-refractivity contribution is 5.87. The SMILES string of the molecule is CCC(C)C(C)NC(=O)N[C@H](CC(N)=O)C(=O)O. The minimum Gasteiger partial charge on any atom is -0.480 e. The number of urea groups is 1. The number of hydrogen-bond acceptors (Lipinski definition) is 3. The smallest absolute Gasteiger partial charge is 0.326 e. The van der Waals surface area contributed by atoms with Gasteiger partial charge in [0.25, 0.3) is 0 Å². The maximum absolute atomic E-state index is 11.5. The van der Waals surface area contributed by atoms with Gasteiger partial charge in [0.1, 0.15) is 6.04 Å². The first-order valence-corrected chi connectivity index (χ1v) is 5.86. The molecule has 0 aromatic rings. The zero-order valence-electron chi connectivity index (χ0n) is 10.9. The van der Waals surface area contributed by atoms with Gasteiger partial charge in [-0.05, 0) is 12.8 Å². The molecule has 2 unspecified atom stereocenters. The van der Waals surface area contributed by atoms with Gasteiger partial charge in [-0.1, -0.05) is 20.3 Å². The van der Waals surface area contributed by atoms with Crippen LogP contribution in [0.4, 0.5) is 4.79 Å². The maximum atomic E-state index is 11.5. The van der Waals surface area contributed by atoms with Gasteiger partial charge in [0, 0.05) is 6.04 Å². The lowest BCUT2D eigenvalue weighted by molar-refractivity contribution is -0.140. The molecule has 3 atom stereocenters. The van der Waals surface area contributed by atoms with Gasteiger partial charge in [0.05, 0.1) is 6.42 Å². The highest BCUT2D eigenvalue weighted by atomic mass is 16.4. The van der Waals surface area contributed by atoms with Crippen molar-refractivity contribution in [2.75, 3.05) is 0 Å². The molecule has 0 aromatic carbocycles. The van der Waals surface area contributed by atoms with Crippen LogP contribution in [0.5, 0.6) is 0 Å². The minimum absolute atomic E-state index is 0.0852. The average Bonchev–Trinajstić information content (AvgIpc) is 2.25. The first-order valence-electron chi connectivity index (χ1n) is 5.86. The number of carbonyl (C=O) groups is 3. The molecule has 0 radical (unpaired) electrons. The van der Waals surface area contributed by atoms with Crippen molar-refractivity contribution in [3.8, 4) is 0 Å². The molecule has 5 N–H and O–H groups in total. The number of nitrogens with two attached hydrogens (primary N) is 1. The molecule has 0 bridgehead atoms. The van der Waals surface area contributed by atoms with E-state index in [1.807, 2.05) is 20.8 Å². The summed E-state index contributed by atoms with van der Waals surface area (Å²) in [4.78, 5) is 33.0. The molecule has 0 saturated carbocycles. The zero-order chi connectivity index (χ0) is 14.3. The van der Waals surface area contributed by atoms with Crippen molar-refractivity contribution in [2.24, 2.45) is 11.7 Å². The lowest BCUT2D eigenvalue weighted by Gasteiger charge is -2.21. The van der Waals surface area contributed by atoms with Crippen molar-refractivity contribution >= 4 is 17.9 Å². The van der Waals surface area contributed by atoms with Gasteiger partial charge in [0.2, 0.25) is 5.91 Å². The highest BCUT2D eigenvalue weighted by Crippen LogP contribution is 2.06. The summed E-state index contributed by atoms with van der Waals surface area (Å²) in [6, 6.07) is -2.00. The summed E-state index contributed by atoms with van der Waals surface area (Å²) in [6.07, 6.45) is 0.464. The van der Waals surface area contributed by atoms with Crippen LogP contribution < -0.4 is 16.4 Å². The number of aliphatic carboxylic acids is 1. The standard InChI is InChI=1S/C11H21N3O4/c1-4-6(2)7(3)13-11(18)14-8(10(16)17)5-9(12)15/h6-8H,4-5H2,1-3H3,(H2,12,15)(H,16,17)(H2,13,14,18)/t6?,7?,8-/m1/s1. The van der Waals surface area contributed by atoms with Crippen molar-refractivity contribution in [2.45, 2.75) is 45.7 Å². The van der Waals surface area contributed by atoms with Crippen LogP contribution in [0.2, 0.25) is 0 Å². The van der Waals surface area contributed by atoms with E-state index in [0.717, 1.165) is 6.42 Å². The third-order valence-corrected chi connectivity index (χ3v) is 2.86. The molecule has 0 heterocycles. The molecular weight excluding hydrogens is 238 g/mol. The fraction of sp³-hybridized carbons (Fsp3) is 0.727. The van der Waals surface area contributed by atoms with E-state index in [2.05, 4.69) is 10.6 Å². The molecule has 7 nitrogen and oxygen atoms in total. The molecule has 7 heteroatoms. The van der Waals surface area contributed by atoms with Crippen molar-refractivity contribution in [1.82, 2.24) is 10.6 Å². The number of amides is 3. The Balaban J connectivity index is 4.34. The molecular formula is C11H21N3O4. The second-order valence-corrected chi connectivity index (χ2v) is 4.35. The molecule has 3 amide bonds. The summed E-state index contributed by atoms with van der Waals surface area (Å²) >= 11 is 0. The zero-order valence-corrected chi connectivity index (χ0v) is 10.9. The fourth-order valence-electron chi connectivity index (χ4n) is 1.30. The van der Waals surface area contributed by atoms with Crippen molar-refractivity contribution in [1.29, 1.82) is 0 Å². The second kappa shape index (κ2) is 7.52. The predicted octanol–water partition coefficient (Wildman–Crippen LogP) is 0.0488. The van der Waals surface area contributed by atoms with E-state index in [0.29, 0.717) is 0 Å². The van der Waals surface area contributed by atoms with E-state index in [-0.39, 0.29) is 12.0 Å². The number of carbonyl (C=O) groups excluding carboxylic acids is 2. The third kappa shape index (κ3) is 6.07. The number of hydrogen-bond donors (Lipinski definition) is 4. The summed E-state index contributed by atoms with van der Waals surface area (Å²) < 4.78 is 0. The van der Waals surface area contributed by atoms with Gasteiger partial charge in [-0.2, -0.15) is 0 Å². The van der Waals surface area contributed by atoms with E-state index in [9.17, 15) is 14.4 Å². The van der Waals surface area contributed by atoms with E-state index < -0.39 is 30.4 Å². The van der Waals surface area contributed by atoms with E-state index in [4.69, 9.17) is 10.8 Å². The highest BCUT2D eigenvalue weighted by Gasteiger charge is 2.23. The third-order valence-electron chi connectivity index (χ3n) is 2.86. The van der Waals surface area contributed by atoms with Crippen LogP contribution in [0, 0.1) is 5.92 Å². The van der Waals surface area contributed by atoms with Crippen LogP contribution in [0.1, 0.15) is 33.6 Å². The van der Waals surface area contributed by atoms with E-state index in [1.165, 1.54) is 0 Å². The fourth-order valence-corrected chi connectivity index (χ4v) is 1.30. The van der Waals surface area contributed by atoms with Crippen LogP contribution in [0.15, 0.2) is 0 Å². The van der Waals surface area contributed by atoms with Gasteiger partial charge in [-0.3, -0.25) is 4.79 Å². The van der Waals surface area contributed by atoms with Crippen molar-refractivity contribution in [3.05, 3.63) is 0 Å². The topological polar surface area (TPSA) is 122 Å². The van der Waals surface area contributed by atoms with Gasteiger partial charge >= 0.3 is 12.0 Å². The molecule has 0 rings (SSSR count). The average molecular weight is 259 g/mol. The Morgan fingerprint density at radius 3 is 2.17 bits per heavy atom. The summed E-state index contributed by atoms with van der Waals surface area (Å²) in [5.74, 6) is -1.80. The summed E-state index contributed by atoms with van der Waals surface area (Å²) in [5, 5.41) is 13.6. The van der Waals surface area contributed by atoms with E-state index >= 15 is 0 Å². The Bertz CT molecular complexity index is 319. The van der Waals surface area contributed by atoms with E-state index in [1.54, 1.807) is 0 Å². The molecule has 0 aromatic heterocycles. The maximum Gasteiger partial charge on any atom is 0.326 e. The van der Waals surface area contributed by atoms with Gasteiger partial charge in [-0.15, -0.1) is 0 Å². The quantitative estimate of drug-likeness (QED) is 0.516. The Labute approximate surface area is 106 Å². The Morgan fingerprint density at radius 2 is 1.78 bits per heavy atom. The van der Waals surface area contributed by atoms with Crippen molar-refractivity contribution in [3.63, 3.8) is 0 Å². The Kier molecular flexibility index (Phi) is 6.77. The molecule has 0 aliphatic heterocycles. The lowest BCUT2D eigenvalue weighted by atomic mass is 10.0. The van der Waals surface area contributed by atoms with Crippen molar-refractivity contribution < 1.29 is 19.5 Å². The number of nitrogens with one attached hydrogen (secondary N) is 2. The number of carboxylic acid groups (broad SMARTS) is 1. The molecule has 0 fully saturated rings. The summed E-state index contributed by atoms with van der Waals surface area (Å²) in [5.41, 5.74) is 4.90. The normalized spacial score (nSPS) is 15.3. The molecule has 0 saturated heterocycles. The summed E-state index contributed by atoms with van der Waals surface area (Å²) in [6.45, 7) is 5.80. The monoisotopic (exact) mass is 259 g/mol. The van der Waals surface area contributed by atoms with Crippen LogP contribution in [0.25, 0.3) is 0 Å². The first-order chi connectivity index (χ1) is 8.27. The minimum atomic E-state index is -1.30.